The third kappa shape index (κ3) is 2.18. The number of hydrogen-bond acceptors (Lipinski definition) is 3. The molecular weight excluding hydrogens is 304 g/mol. The number of aryl methyl sites for hydroxylation is 1. The van der Waals surface area contributed by atoms with Crippen molar-refractivity contribution in [3.05, 3.63) is 72.1 Å². The Kier molecular flexibility index (Phi) is 3.20. The van der Waals surface area contributed by atoms with Crippen LogP contribution in [0.2, 0.25) is 0 Å². The molecule has 5 heteroatoms. The van der Waals surface area contributed by atoms with Gasteiger partial charge in [-0.2, -0.15) is 0 Å². The highest BCUT2D eigenvalue weighted by atomic mass is 16.5. The van der Waals surface area contributed by atoms with Crippen LogP contribution in [0.1, 0.15) is 5.56 Å². The topological polar surface area (TPSA) is 60.3 Å². The lowest BCUT2D eigenvalue weighted by Gasteiger charge is -2.06. The molecule has 0 atom stereocenters. The standard InChI is InChI=1S/C19H14N2O3/c1-21-11-14(13-9-5-6-10-15(13)21)16-17(19(23)20-18(16)22)24-12-7-3-2-4-8-12/h2-11H,1H3,(H,20,22,23). The predicted molar refractivity (Wildman–Crippen MR) is 90.1 cm³/mol. The van der Waals surface area contributed by atoms with E-state index in [1.807, 2.05) is 60.3 Å². The number of amides is 2. The van der Waals surface area contributed by atoms with Gasteiger partial charge in [0.2, 0.25) is 5.76 Å². The number of nitrogens with zero attached hydrogens (tertiary/aromatic N) is 1. The minimum absolute atomic E-state index is 0.0301. The quantitative estimate of drug-likeness (QED) is 0.755. The summed E-state index contributed by atoms with van der Waals surface area (Å²) >= 11 is 0. The molecular formula is C19H14N2O3. The van der Waals surface area contributed by atoms with E-state index in [0.29, 0.717) is 11.3 Å². The summed E-state index contributed by atoms with van der Waals surface area (Å²) in [6.07, 6.45) is 1.84. The van der Waals surface area contributed by atoms with E-state index in [9.17, 15) is 9.59 Å². The van der Waals surface area contributed by atoms with Gasteiger partial charge in [0.05, 0.1) is 5.57 Å². The summed E-state index contributed by atoms with van der Waals surface area (Å²) in [5.74, 6) is -0.424. The first-order valence-corrected chi connectivity index (χ1v) is 7.52. The Bertz CT molecular complexity index is 1000. The van der Waals surface area contributed by atoms with Crippen LogP contribution < -0.4 is 10.1 Å². The highest BCUT2D eigenvalue weighted by Gasteiger charge is 2.35. The maximum atomic E-state index is 12.4. The normalized spacial score (nSPS) is 14.4. The number of rotatable bonds is 3. The molecule has 24 heavy (non-hydrogen) atoms. The molecule has 1 aliphatic heterocycles. The minimum Gasteiger partial charge on any atom is -0.451 e. The summed E-state index contributed by atoms with van der Waals surface area (Å²) in [7, 11) is 1.90. The van der Waals surface area contributed by atoms with E-state index in [1.165, 1.54) is 0 Å². The number of para-hydroxylation sites is 2. The van der Waals surface area contributed by atoms with Gasteiger partial charge in [-0.05, 0) is 18.2 Å². The molecule has 0 saturated heterocycles. The molecule has 2 aromatic carbocycles. The van der Waals surface area contributed by atoms with Gasteiger partial charge >= 0.3 is 0 Å². The highest BCUT2D eigenvalue weighted by molar-refractivity contribution is 6.36. The van der Waals surface area contributed by atoms with E-state index in [-0.39, 0.29) is 11.3 Å². The van der Waals surface area contributed by atoms with E-state index >= 15 is 0 Å². The van der Waals surface area contributed by atoms with Gasteiger partial charge in [0.1, 0.15) is 5.75 Å². The van der Waals surface area contributed by atoms with E-state index < -0.39 is 11.8 Å². The number of carbonyl (C=O) groups excluding carboxylic acids is 2. The second kappa shape index (κ2) is 5.38. The molecule has 1 aromatic heterocycles. The van der Waals surface area contributed by atoms with E-state index in [2.05, 4.69) is 5.32 Å². The van der Waals surface area contributed by atoms with Crippen LogP contribution in [0.5, 0.6) is 5.75 Å². The monoisotopic (exact) mass is 318 g/mol. The van der Waals surface area contributed by atoms with Crippen LogP contribution in [0.3, 0.4) is 0 Å². The number of carbonyl (C=O) groups is 2. The van der Waals surface area contributed by atoms with Crippen molar-refractivity contribution in [2.75, 3.05) is 0 Å². The Hall–Kier alpha value is -3.34. The van der Waals surface area contributed by atoms with Gasteiger partial charge in [-0.25, -0.2) is 0 Å². The van der Waals surface area contributed by atoms with Crippen LogP contribution >= 0.6 is 0 Å². The molecule has 4 rings (SSSR count). The fourth-order valence-corrected chi connectivity index (χ4v) is 2.93. The number of fused-ring (bicyclic) bond motifs is 1. The number of ether oxygens (including phenoxy) is 1. The zero-order valence-corrected chi connectivity index (χ0v) is 12.9. The summed E-state index contributed by atoms with van der Waals surface area (Å²) in [4.78, 5) is 24.6. The first-order chi connectivity index (χ1) is 11.6. The summed E-state index contributed by atoms with van der Waals surface area (Å²) < 4.78 is 7.65. The van der Waals surface area contributed by atoms with Crippen molar-refractivity contribution in [2.24, 2.45) is 7.05 Å². The molecule has 5 nitrogen and oxygen atoms in total. The van der Waals surface area contributed by atoms with Gasteiger partial charge in [0, 0.05) is 29.7 Å². The Morgan fingerprint density at radius 3 is 2.42 bits per heavy atom. The lowest BCUT2D eigenvalue weighted by atomic mass is 10.0. The Labute approximate surface area is 138 Å². The van der Waals surface area contributed by atoms with Crippen LogP contribution in [-0.4, -0.2) is 16.4 Å². The molecule has 0 aliphatic carbocycles. The number of hydrogen-bond donors (Lipinski definition) is 1. The fraction of sp³-hybridized carbons (Fsp3) is 0.0526. The lowest BCUT2D eigenvalue weighted by Crippen LogP contribution is -2.24. The van der Waals surface area contributed by atoms with E-state index in [0.717, 1.165) is 10.9 Å². The van der Waals surface area contributed by atoms with Crippen molar-refractivity contribution in [3.63, 3.8) is 0 Å². The molecule has 1 N–H and O–H groups in total. The smallest absolute Gasteiger partial charge is 0.294 e. The number of aromatic nitrogens is 1. The summed E-state index contributed by atoms with van der Waals surface area (Å²) in [6, 6.07) is 16.7. The molecule has 3 aromatic rings. The molecule has 0 unspecified atom stereocenters. The van der Waals surface area contributed by atoms with Crippen molar-refractivity contribution < 1.29 is 14.3 Å². The average Bonchev–Trinajstić information content (AvgIpc) is 3.06. The number of nitrogens with one attached hydrogen (secondary N) is 1. The summed E-state index contributed by atoms with van der Waals surface area (Å²) in [5.41, 5.74) is 1.93. The molecule has 0 radical (unpaired) electrons. The number of imide groups is 1. The van der Waals surface area contributed by atoms with Crippen molar-refractivity contribution >= 4 is 28.3 Å². The maximum absolute atomic E-state index is 12.4. The van der Waals surface area contributed by atoms with Gasteiger partial charge in [-0.1, -0.05) is 36.4 Å². The zero-order valence-electron chi connectivity index (χ0n) is 12.9. The van der Waals surface area contributed by atoms with Gasteiger partial charge in [-0.3, -0.25) is 14.9 Å². The maximum Gasteiger partial charge on any atom is 0.294 e. The van der Waals surface area contributed by atoms with Gasteiger partial charge < -0.3 is 9.30 Å². The fourth-order valence-electron chi connectivity index (χ4n) is 2.93. The average molecular weight is 318 g/mol. The Morgan fingerprint density at radius 2 is 1.62 bits per heavy atom. The van der Waals surface area contributed by atoms with E-state index in [1.54, 1.807) is 12.1 Å². The van der Waals surface area contributed by atoms with Crippen molar-refractivity contribution in [1.82, 2.24) is 9.88 Å². The summed E-state index contributed by atoms with van der Waals surface area (Å²) in [6.45, 7) is 0. The van der Waals surface area contributed by atoms with Gasteiger partial charge in [0.15, 0.2) is 0 Å². The molecule has 1 aliphatic rings. The second-order valence-corrected chi connectivity index (χ2v) is 5.57. The number of benzene rings is 2. The molecule has 0 saturated carbocycles. The Morgan fingerprint density at radius 1 is 0.917 bits per heavy atom. The summed E-state index contributed by atoms with van der Waals surface area (Å²) in [5, 5.41) is 3.22. The Balaban J connectivity index is 1.91. The van der Waals surface area contributed by atoms with Crippen molar-refractivity contribution in [1.29, 1.82) is 0 Å². The third-order valence-corrected chi connectivity index (χ3v) is 4.02. The molecule has 2 amide bonds. The molecule has 0 spiro atoms. The molecule has 118 valence electrons. The molecule has 0 fully saturated rings. The zero-order chi connectivity index (χ0) is 16.7. The van der Waals surface area contributed by atoms with Crippen LogP contribution in [0.4, 0.5) is 0 Å². The lowest BCUT2D eigenvalue weighted by molar-refractivity contribution is -0.124. The third-order valence-electron chi connectivity index (χ3n) is 4.02. The predicted octanol–water partition coefficient (Wildman–Crippen LogP) is 2.62. The van der Waals surface area contributed by atoms with Gasteiger partial charge in [0.25, 0.3) is 11.8 Å². The van der Waals surface area contributed by atoms with Crippen LogP contribution in [0, 0.1) is 0 Å². The van der Waals surface area contributed by atoms with Crippen LogP contribution in [0.25, 0.3) is 16.5 Å². The SMILES string of the molecule is Cn1cc(C2=C(Oc3ccccc3)C(=O)NC2=O)c2ccccc21. The van der Waals surface area contributed by atoms with Crippen molar-refractivity contribution in [2.45, 2.75) is 0 Å². The molecule has 0 bridgehead atoms. The van der Waals surface area contributed by atoms with Gasteiger partial charge in [-0.15, -0.1) is 0 Å². The van der Waals surface area contributed by atoms with E-state index in [4.69, 9.17) is 4.74 Å². The van der Waals surface area contributed by atoms with Crippen molar-refractivity contribution in [3.8, 4) is 5.75 Å². The van der Waals surface area contributed by atoms with Crippen LogP contribution in [-0.2, 0) is 16.6 Å². The molecule has 2 heterocycles. The highest BCUT2D eigenvalue weighted by Crippen LogP contribution is 2.32. The first kappa shape index (κ1) is 14.3. The first-order valence-electron chi connectivity index (χ1n) is 7.52. The minimum atomic E-state index is -0.521. The van der Waals surface area contributed by atoms with Crippen LogP contribution in [0.15, 0.2) is 66.6 Å². The second-order valence-electron chi connectivity index (χ2n) is 5.57. The largest absolute Gasteiger partial charge is 0.451 e.